The number of fused-ring (bicyclic) bond motifs is 1. The number of hydrogen-bond acceptors (Lipinski definition) is 5. The zero-order chi connectivity index (χ0) is 18.9. The Labute approximate surface area is 157 Å². The van der Waals surface area contributed by atoms with Crippen molar-refractivity contribution >= 4 is 23.4 Å². The first-order valence-corrected chi connectivity index (χ1v) is 9.47. The van der Waals surface area contributed by atoms with Crippen LogP contribution in [0.25, 0.3) is 0 Å². The van der Waals surface area contributed by atoms with E-state index in [1.165, 1.54) is 11.8 Å². The van der Waals surface area contributed by atoms with Crippen molar-refractivity contribution in [3.63, 3.8) is 0 Å². The van der Waals surface area contributed by atoms with E-state index in [1.54, 1.807) is 42.0 Å². The van der Waals surface area contributed by atoms with Crippen LogP contribution in [0.15, 0.2) is 40.3 Å². The molecule has 1 aromatic heterocycles. The van der Waals surface area contributed by atoms with E-state index in [2.05, 4.69) is 10.3 Å². The lowest BCUT2D eigenvalue weighted by molar-refractivity contribution is -0.116. The first-order valence-electron chi connectivity index (χ1n) is 8.48. The number of thioether (sulfide) groups is 1. The van der Waals surface area contributed by atoms with Gasteiger partial charge in [0.15, 0.2) is 5.16 Å². The number of nitrogens with zero attached hydrogens (tertiary/aromatic N) is 2. The minimum Gasteiger partial charge on any atom is -0.497 e. The van der Waals surface area contributed by atoms with E-state index in [9.17, 15) is 9.59 Å². The van der Waals surface area contributed by atoms with Gasteiger partial charge in [0.1, 0.15) is 5.75 Å². The highest BCUT2D eigenvalue weighted by molar-refractivity contribution is 7.99. The topological polar surface area (TPSA) is 73.2 Å². The van der Waals surface area contributed by atoms with E-state index in [4.69, 9.17) is 4.74 Å². The van der Waals surface area contributed by atoms with Crippen molar-refractivity contribution in [3.05, 3.63) is 46.4 Å². The van der Waals surface area contributed by atoms with Crippen LogP contribution in [0.1, 0.15) is 38.9 Å². The predicted octanol–water partition coefficient (Wildman–Crippen LogP) is 3.23. The van der Waals surface area contributed by atoms with Gasteiger partial charge >= 0.3 is 0 Å². The third kappa shape index (κ3) is 3.93. The quantitative estimate of drug-likeness (QED) is 0.833. The normalized spacial score (nSPS) is 16.2. The Morgan fingerprint density at radius 2 is 2.04 bits per heavy atom. The van der Waals surface area contributed by atoms with E-state index in [1.807, 2.05) is 20.8 Å². The summed E-state index contributed by atoms with van der Waals surface area (Å²) in [4.78, 5) is 29.6. The molecule has 1 amide bonds. The number of hydrogen-bond donors (Lipinski definition) is 1. The maximum atomic E-state index is 12.6. The van der Waals surface area contributed by atoms with Crippen LogP contribution in [-0.4, -0.2) is 28.3 Å². The van der Waals surface area contributed by atoms with Gasteiger partial charge in [-0.1, -0.05) is 32.5 Å². The molecular formula is C19H23N3O3S. The predicted molar refractivity (Wildman–Crippen MR) is 103 cm³/mol. The minimum atomic E-state index is -0.181. The van der Waals surface area contributed by atoms with Crippen molar-refractivity contribution in [2.24, 2.45) is 0 Å². The highest BCUT2D eigenvalue weighted by atomic mass is 32.2. The van der Waals surface area contributed by atoms with Gasteiger partial charge in [0.25, 0.3) is 5.56 Å². The number of benzene rings is 1. The molecule has 0 radical (unpaired) electrons. The molecule has 0 saturated heterocycles. The number of methoxy groups -OCH3 is 1. The molecule has 7 heteroatoms. The second kappa shape index (κ2) is 7.15. The number of carbonyl (C=O) groups excluding carboxylic acids is 1. The summed E-state index contributed by atoms with van der Waals surface area (Å²) in [7, 11) is 1.60. The van der Waals surface area contributed by atoms with E-state index >= 15 is 0 Å². The van der Waals surface area contributed by atoms with Crippen LogP contribution in [0.4, 0.5) is 5.69 Å². The van der Waals surface area contributed by atoms with Crippen LogP contribution >= 0.6 is 11.8 Å². The molecule has 1 aliphatic heterocycles. The molecule has 0 spiro atoms. The number of anilines is 1. The average Bonchev–Trinajstić information content (AvgIpc) is 2.98. The number of aromatic nitrogens is 2. The van der Waals surface area contributed by atoms with Crippen LogP contribution in [0, 0.1) is 0 Å². The lowest BCUT2D eigenvalue weighted by Gasteiger charge is -2.19. The lowest BCUT2D eigenvalue weighted by atomic mass is 9.92. The molecule has 1 aromatic carbocycles. The monoisotopic (exact) mass is 373 g/mol. The van der Waals surface area contributed by atoms with E-state index in [0.29, 0.717) is 16.6 Å². The largest absolute Gasteiger partial charge is 0.497 e. The minimum absolute atomic E-state index is 0.0906. The van der Waals surface area contributed by atoms with Gasteiger partial charge in [0.05, 0.1) is 18.8 Å². The second-order valence-corrected chi connectivity index (χ2v) is 8.31. The number of carbonyl (C=O) groups is 1. The Morgan fingerprint density at radius 1 is 1.35 bits per heavy atom. The number of amides is 1. The maximum absolute atomic E-state index is 12.6. The Bertz CT molecular complexity index is 869. The highest BCUT2D eigenvalue weighted by Crippen LogP contribution is 2.33. The molecule has 6 nitrogen and oxygen atoms in total. The van der Waals surface area contributed by atoms with E-state index in [0.717, 1.165) is 11.4 Å². The molecule has 138 valence electrons. The maximum Gasteiger partial charge on any atom is 0.254 e. The standard InChI is InChI=1S/C19H23N3O3S/c1-19(2,3)15-10-17(24)22-13(11-26-18(22)21-15)9-16(23)20-12-5-7-14(25-4)8-6-12/h5-8,10,13H,9,11H2,1-4H3,(H,20,23). The van der Waals surface area contributed by atoms with Gasteiger partial charge in [0.2, 0.25) is 5.91 Å². The SMILES string of the molecule is COc1ccc(NC(=O)CC2CSc3nc(C(C)(C)C)cc(=O)n32)cc1. The fourth-order valence-corrected chi connectivity index (χ4v) is 3.94. The second-order valence-electron chi connectivity index (χ2n) is 7.33. The van der Waals surface area contributed by atoms with E-state index < -0.39 is 0 Å². The molecule has 26 heavy (non-hydrogen) atoms. The smallest absolute Gasteiger partial charge is 0.254 e. The van der Waals surface area contributed by atoms with Crippen molar-refractivity contribution in [3.8, 4) is 5.75 Å². The van der Waals surface area contributed by atoms with Crippen LogP contribution in [-0.2, 0) is 10.2 Å². The van der Waals surface area contributed by atoms with Gasteiger partial charge in [-0.2, -0.15) is 0 Å². The molecule has 1 unspecified atom stereocenters. The Hall–Kier alpha value is -2.28. The van der Waals surface area contributed by atoms with Crippen molar-refractivity contribution in [1.82, 2.24) is 9.55 Å². The molecule has 0 aliphatic carbocycles. The third-order valence-electron chi connectivity index (χ3n) is 4.25. The highest BCUT2D eigenvalue weighted by Gasteiger charge is 2.29. The van der Waals surface area contributed by atoms with E-state index in [-0.39, 0.29) is 29.3 Å². The summed E-state index contributed by atoms with van der Waals surface area (Å²) in [5, 5.41) is 3.57. The zero-order valence-corrected chi connectivity index (χ0v) is 16.2. The molecule has 0 saturated carbocycles. The lowest BCUT2D eigenvalue weighted by Crippen LogP contribution is -2.29. The summed E-state index contributed by atoms with van der Waals surface area (Å²) in [6.45, 7) is 6.10. The molecule has 1 aliphatic rings. The van der Waals surface area contributed by atoms with Gasteiger partial charge in [0, 0.05) is 29.3 Å². The summed E-state index contributed by atoms with van der Waals surface area (Å²) in [5.74, 6) is 1.28. The summed E-state index contributed by atoms with van der Waals surface area (Å²) < 4.78 is 6.75. The molecule has 1 N–H and O–H groups in total. The van der Waals surface area contributed by atoms with Gasteiger partial charge < -0.3 is 10.1 Å². The Morgan fingerprint density at radius 3 is 2.65 bits per heavy atom. The molecule has 0 bridgehead atoms. The van der Waals surface area contributed by atoms with Crippen LogP contribution in [0.3, 0.4) is 0 Å². The first-order chi connectivity index (χ1) is 12.3. The zero-order valence-electron chi connectivity index (χ0n) is 15.4. The Balaban J connectivity index is 1.73. The van der Waals surface area contributed by atoms with Crippen LogP contribution in [0.5, 0.6) is 5.75 Å². The van der Waals surface area contributed by atoms with Crippen LogP contribution in [0.2, 0.25) is 0 Å². The summed E-state index contributed by atoms with van der Waals surface area (Å²) in [5.41, 5.74) is 1.21. The fourth-order valence-electron chi connectivity index (χ4n) is 2.79. The van der Waals surface area contributed by atoms with Gasteiger partial charge in [-0.15, -0.1) is 0 Å². The number of ether oxygens (including phenoxy) is 1. The summed E-state index contributed by atoms with van der Waals surface area (Å²) >= 11 is 1.53. The molecule has 2 aromatic rings. The average molecular weight is 373 g/mol. The van der Waals surface area contributed by atoms with Gasteiger partial charge in [-0.25, -0.2) is 4.98 Å². The van der Waals surface area contributed by atoms with Crippen molar-refractivity contribution in [2.75, 3.05) is 18.2 Å². The summed E-state index contributed by atoms with van der Waals surface area (Å²) in [6.07, 6.45) is 0.239. The van der Waals surface area contributed by atoms with Gasteiger partial charge in [-0.3, -0.25) is 14.2 Å². The fraction of sp³-hybridized carbons (Fsp3) is 0.421. The van der Waals surface area contributed by atoms with Crippen LogP contribution < -0.4 is 15.6 Å². The number of nitrogens with one attached hydrogen (secondary N) is 1. The first kappa shape index (κ1) is 18.5. The number of rotatable bonds is 4. The summed E-state index contributed by atoms with van der Waals surface area (Å²) in [6, 6.07) is 8.57. The van der Waals surface area contributed by atoms with Crippen molar-refractivity contribution < 1.29 is 9.53 Å². The van der Waals surface area contributed by atoms with Gasteiger partial charge in [-0.05, 0) is 24.3 Å². The Kier molecular flexibility index (Phi) is 5.09. The molecule has 3 rings (SSSR count). The molecular weight excluding hydrogens is 350 g/mol. The van der Waals surface area contributed by atoms with Crippen molar-refractivity contribution in [2.45, 2.75) is 43.8 Å². The molecule has 0 fully saturated rings. The third-order valence-corrected chi connectivity index (χ3v) is 5.35. The van der Waals surface area contributed by atoms with Crippen molar-refractivity contribution in [1.29, 1.82) is 0 Å². The molecule has 1 atom stereocenters. The molecule has 2 heterocycles.